The molecule has 0 saturated carbocycles. The molecule has 0 saturated heterocycles. The van der Waals surface area contributed by atoms with Crippen molar-refractivity contribution in [1.29, 1.82) is 0 Å². The number of hydrogen-bond acceptors (Lipinski definition) is 4. The number of carbonyl (C=O) groups is 1. The van der Waals surface area contributed by atoms with Crippen LogP contribution in [0.3, 0.4) is 0 Å². The number of carbonyl (C=O) groups excluding carboxylic acids is 1. The molecule has 0 aliphatic carbocycles. The molecule has 4 rings (SSSR count). The lowest BCUT2D eigenvalue weighted by molar-refractivity contribution is 0.0925. The van der Waals surface area contributed by atoms with Crippen LogP contribution in [0, 0.1) is 6.92 Å². The van der Waals surface area contributed by atoms with E-state index in [4.69, 9.17) is 20.4 Å². The summed E-state index contributed by atoms with van der Waals surface area (Å²) in [6.07, 6.45) is 0. The van der Waals surface area contributed by atoms with Crippen LogP contribution >= 0.6 is 11.6 Å². The third-order valence-corrected chi connectivity index (χ3v) is 4.36. The zero-order valence-electron chi connectivity index (χ0n) is 13.8. The van der Waals surface area contributed by atoms with Gasteiger partial charge in [0.15, 0.2) is 5.76 Å². The van der Waals surface area contributed by atoms with E-state index in [0.29, 0.717) is 21.8 Å². The summed E-state index contributed by atoms with van der Waals surface area (Å²) in [4.78, 5) is 24.2. The molecule has 0 spiro atoms. The number of halogens is 1. The van der Waals surface area contributed by atoms with Gasteiger partial charge in [-0.15, -0.1) is 0 Å². The van der Waals surface area contributed by atoms with Crippen molar-refractivity contribution in [3.63, 3.8) is 0 Å². The Bertz CT molecular complexity index is 1210. The Morgan fingerprint density at radius 2 is 1.88 bits per heavy atom. The van der Waals surface area contributed by atoms with Gasteiger partial charge in [-0.25, -0.2) is 4.79 Å². The highest BCUT2D eigenvalue weighted by Gasteiger charge is 2.13. The summed E-state index contributed by atoms with van der Waals surface area (Å²) in [7, 11) is 0. The van der Waals surface area contributed by atoms with Crippen molar-refractivity contribution in [2.24, 2.45) is 0 Å². The molecule has 6 heteroatoms. The first kappa shape index (κ1) is 16.4. The molecule has 2 heterocycles. The second-order valence-corrected chi connectivity index (χ2v) is 6.50. The van der Waals surface area contributed by atoms with Crippen molar-refractivity contribution in [3.8, 4) is 0 Å². The van der Waals surface area contributed by atoms with Gasteiger partial charge >= 0.3 is 5.63 Å². The molecule has 0 unspecified atom stereocenters. The first-order valence-corrected chi connectivity index (χ1v) is 8.38. The van der Waals surface area contributed by atoms with Gasteiger partial charge in [-0.2, -0.15) is 0 Å². The van der Waals surface area contributed by atoms with E-state index in [0.717, 1.165) is 16.3 Å². The zero-order chi connectivity index (χ0) is 18.3. The molecule has 0 atom stereocenters. The first-order valence-electron chi connectivity index (χ1n) is 8.00. The Balaban J connectivity index is 1.61. The lowest BCUT2D eigenvalue weighted by atomic mass is 10.1. The smallest absolute Gasteiger partial charge is 0.336 e. The Kier molecular flexibility index (Phi) is 4.01. The summed E-state index contributed by atoms with van der Waals surface area (Å²) in [6.45, 7) is 2.10. The van der Waals surface area contributed by atoms with Gasteiger partial charge in [0.05, 0.1) is 0 Å². The van der Waals surface area contributed by atoms with E-state index in [2.05, 4.69) is 5.32 Å². The van der Waals surface area contributed by atoms with Gasteiger partial charge in [-0.1, -0.05) is 23.7 Å². The average Bonchev–Trinajstić information content (AvgIpc) is 3.02. The van der Waals surface area contributed by atoms with Gasteiger partial charge in [0.1, 0.15) is 11.2 Å². The summed E-state index contributed by atoms with van der Waals surface area (Å²) in [5.74, 6) is -0.184. The van der Waals surface area contributed by atoms with E-state index in [1.807, 2.05) is 19.1 Å². The summed E-state index contributed by atoms with van der Waals surface area (Å²) in [6, 6.07) is 13.8. The predicted molar refractivity (Wildman–Crippen MR) is 99.6 cm³/mol. The molecule has 0 fully saturated rings. The number of nitrogens with one attached hydrogen (secondary N) is 1. The maximum Gasteiger partial charge on any atom is 0.336 e. The molecule has 1 N–H and O–H groups in total. The maximum atomic E-state index is 12.4. The molecule has 0 radical (unpaired) electrons. The highest BCUT2D eigenvalue weighted by Crippen LogP contribution is 2.23. The second-order valence-electron chi connectivity index (χ2n) is 6.07. The van der Waals surface area contributed by atoms with Crippen LogP contribution in [0.5, 0.6) is 0 Å². The van der Waals surface area contributed by atoms with E-state index >= 15 is 0 Å². The van der Waals surface area contributed by atoms with E-state index in [-0.39, 0.29) is 18.2 Å². The van der Waals surface area contributed by atoms with E-state index in [9.17, 15) is 9.59 Å². The predicted octanol–water partition coefficient (Wildman–Crippen LogP) is 4.43. The summed E-state index contributed by atoms with van der Waals surface area (Å²) >= 11 is 5.95. The highest BCUT2D eigenvalue weighted by atomic mass is 35.5. The molecule has 0 aliphatic heterocycles. The number of amides is 1. The summed E-state index contributed by atoms with van der Waals surface area (Å²) in [5, 5.41) is 4.89. The largest absolute Gasteiger partial charge is 0.451 e. The summed E-state index contributed by atoms with van der Waals surface area (Å²) < 4.78 is 10.8. The fraction of sp³-hybridized carbons (Fsp3) is 0.100. The summed E-state index contributed by atoms with van der Waals surface area (Å²) in [5.41, 5.74) is 2.30. The van der Waals surface area contributed by atoms with Gasteiger partial charge in [0.25, 0.3) is 5.91 Å². The molecule has 0 bridgehead atoms. The maximum absolute atomic E-state index is 12.4. The Morgan fingerprint density at radius 1 is 1.04 bits per heavy atom. The molecular formula is C20H14ClNO4. The quantitative estimate of drug-likeness (QED) is 0.544. The zero-order valence-corrected chi connectivity index (χ0v) is 14.6. The number of aryl methyl sites for hydroxylation is 1. The number of rotatable bonds is 3. The molecule has 1 amide bonds. The van der Waals surface area contributed by atoms with Crippen LogP contribution in [0.25, 0.3) is 21.9 Å². The van der Waals surface area contributed by atoms with Gasteiger partial charge < -0.3 is 14.2 Å². The van der Waals surface area contributed by atoms with Gasteiger partial charge in [-0.3, -0.25) is 4.79 Å². The van der Waals surface area contributed by atoms with Gasteiger partial charge in [-0.05, 0) is 48.4 Å². The number of hydrogen-bond donors (Lipinski definition) is 1. The topological polar surface area (TPSA) is 72.5 Å². The SMILES string of the molecule is Cc1ccc2c(CNC(=O)c3cc4cc(Cl)ccc4o3)cc(=O)oc2c1. The Morgan fingerprint density at radius 3 is 2.73 bits per heavy atom. The fourth-order valence-corrected chi connectivity index (χ4v) is 3.05. The van der Waals surface area contributed by atoms with Crippen molar-refractivity contribution in [2.75, 3.05) is 0 Å². The molecule has 5 nitrogen and oxygen atoms in total. The van der Waals surface area contributed by atoms with Crippen LogP contribution in [0.15, 0.2) is 62.2 Å². The van der Waals surface area contributed by atoms with Crippen molar-refractivity contribution < 1.29 is 13.6 Å². The van der Waals surface area contributed by atoms with Crippen molar-refractivity contribution in [1.82, 2.24) is 5.32 Å². The monoisotopic (exact) mass is 367 g/mol. The van der Waals surface area contributed by atoms with Crippen LogP contribution < -0.4 is 10.9 Å². The van der Waals surface area contributed by atoms with E-state index in [1.54, 1.807) is 30.3 Å². The molecule has 4 aromatic rings. The number of fused-ring (bicyclic) bond motifs is 2. The average molecular weight is 368 g/mol. The number of furan rings is 1. The molecule has 2 aromatic carbocycles. The normalized spacial score (nSPS) is 11.2. The minimum absolute atomic E-state index is 0.182. The van der Waals surface area contributed by atoms with Crippen LogP contribution in [0.1, 0.15) is 21.7 Å². The lowest BCUT2D eigenvalue weighted by Crippen LogP contribution is -2.23. The third-order valence-electron chi connectivity index (χ3n) is 4.13. The molecular weight excluding hydrogens is 354 g/mol. The van der Waals surface area contributed by atoms with E-state index in [1.165, 1.54) is 6.07 Å². The molecule has 26 heavy (non-hydrogen) atoms. The first-order chi connectivity index (χ1) is 12.5. The minimum atomic E-state index is -0.453. The van der Waals surface area contributed by atoms with E-state index < -0.39 is 5.63 Å². The molecule has 130 valence electrons. The molecule has 2 aromatic heterocycles. The number of benzene rings is 2. The lowest BCUT2D eigenvalue weighted by Gasteiger charge is -2.07. The van der Waals surface area contributed by atoms with Crippen LogP contribution in [0.2, 0.25) is 5.02 Å². The van der Waals surface area contributed by atoms with Gasteiger partial charge in [0, 0.05) is 28.4 Å². The molecule has 0 aliphatic rings. The van der Waals surface area contributed by atoms with Crippen molar-refractivity contribution >= 4 is 39.4 Å². The fourth-order valence-electron chi connectivity index (χ4n) is 2.87. The minimum Gasteiger partial charge on any atom is -0.451 e. The van der Waals surface area contributed by atoms with Crippen LogP contribution in [0.4, 0.5) is 0 Å². The van der Waals surface area contributed by atoms with Crippen molar-refractivity contribution in [3.05, 3.63) is 80.9 Å². The highest BCUT2D eigenvalue weighted by molar-refractivity contribution is 6.31. The Labute approximate surface area is 153 Å². The standard InChI is InChI=1S/C20H14ClNO4/c1-11-2-4-15-13(9-19(23)26-17(15)6-11)10-22-20(24)18-8-12-7-14(21)3-5-16(12)25-18/h2-9H,10H2,1H3,(H,22,24). The second kappa shape index (κ2) is 6.35. The van der Waals surface area contributed by atoms with Crippen LogP contribution in [-0.2, 0) is 6.54 Å². The van der Waals surface area contributed by atoms with Gasteiger partial charge in [0.2, 0.25) is 0 Å². The van der Waals surface area contributed by atoms with Crippen LogP contribution in [-0.4, -0.2) is 5.91 Å². The third kappa shape index (κ3) is 3.09. The van der Waals surface area contributed by atoms with Crippen molar-refractivity contribution in [2.45, 2.75) is 13.5 Å². The Hall–Kier alpha value is -3.05.